The van der Waals surface area contributed by atoms with E-state index < -0.39 is 25.4 Å². The molecule has 8 nitrogen and oxygen atoms in total. The molecule has 8 heteroatoms. The minimum absolute atomic E-state index is 0.0148. The molecule has 0 radical (unpaired) electrons. The smallest absolute Gasteiger partial charge is 0.188 e. The van der Waals surface area contributed by atoms with Crippen LogP contribution < -0.4 is 0 Å². The van der Waals surface area contributed by atoms with Gasteiger partial charge in [0.2, 0.25) is 0 Å². The van der Waals surface area contributed by atoms with Gasteiger partial charge in [0, 0.05) is 22.3 Å². The molecule has 0 spiro atoms. The van der Waals surface area contributed by atoms with Crippen molar-refractivity contribution in [2.75, 3.05) is 26.4 Å². The lowest BCUT2D eigenvalue weighted by molar-refractivity contribution is -0.117. The maximum atomic E-state index is 12.1. The van der Waals surface area contributed by atoms with Gasteiger partial charge in [0.25, 0.3) is 0 Å². The fraction of sp³-hybridized carbons (Fsp3) is 0.500. The fourth-order valence-electron chi connectivity index (χ4n) is 4.05. The quantitative estimate of drug-likeness (QED) is 0.216. The van der Waals surface area contributed by atoms with Crippen molar-refractivity contribution in [1.29, 1.82) is 0 Å². The van der Waals surface area contributed by atoms with E-state index in [2.05, 4.69) is 0 Å². The van der Waals surface area contributed by atoms with Crippen LogP contribution in [0.5, 0.6) is 0 Å². The zero-order valence-corrected chi connectivity index (χ0v) is 22.1. The van der Waals surface area contributed by atoms with Crippen LogP contribution in [0.4, 0.5) is 0 Å². The van der Waals surface area contributed by atoms with E-state index in [1.807, 2.05) is 39.8 Å². The normalized spacial score (nSPS) is 20.6. The van der Waals surface area contributed by atoms with E-state index in [-0.39, 0.29) is 35.9 Å². The van der Waals surface area contributed by atoms with Gasteiger partial charge in [-0.3, -0.25) is 9.59 Å². The Morgan fingerprint density at radius 1 is 0.639 bits per heavy atom. The van der Waals surface area contributed by atoms with Crippen LogP contribution in [0.25, 0.3) is 0 Å². The Balaban J connectivity index is 0.000000360. The van der Waals surface area contributed by atoms with Crippen LogP contribution in [0.1, 0.15) is 54.4 Å². The van der Waals surface area contributed by atoms with Gasteiger partial charge < -0.3 is 30.6 Å². The first kappa shape index (κ1) is 31.6. The number of aliphatic hydroxyl groups is 6. The van der Waals surface area contributed by atoms with Gasteiger partial charge in [-0.1, -0.05) is 23.3 Å². The van der Waals surface area contributed by atoms with E-state index >= 15 is 0 Å². The highest BCUT2D eigenvalue weighted by molar-refractivity contribution is 6.25. The van der Waals surface area contributed by atoms with Gasteiger partial charge in [-0.2, -0.15) is 0 Å². The van der Waals surface area contributed by atoms with Crippen LogP contribution in [0.3, 0.4) is 0 Å². The summed E-state index contributed by atoms with van der Waals surface area (Å²) in [6, 6.07) is 0. The predicted octanol–water partition coefficient (Wildman–Crippen LogP) is 1.77. The van der Waals surface area contributed by atoms with Crippen molar-refractivity contribution in [1.82, 2.24) is 0 Å². The second-order valence-electron chi connectivity index (χ2n) is 9.39. The van der Waals surface area contributed by atoms with Crippen LogP contribution in [0.2, 0.25) is 0 Å². The summed E-state index contributed by atoms with van der Waals surface area (Å²) < 4.78 is 0. The molecule has 200 valence electrons. The third-order valence-corrected chi connectivity index (χ3v) is 6.40. The third-order valence-electron chi connectivity index (χ3n) is 6.40. The first-order chi connectivity index (χ1) is 16.9. The van der Waals surface area contributed by atoms with Gasteiger partial charge in [-0.05, 0) is 76.7 Å². The molecular weight excluding hydrogens is 464 g/mol. The summed E-state index contributed by atoms with van der Waals surface area (Å²) in [5.74, 6) is -0.686. The maximum absolute atomic E-state index is 12.1. The van der Waals surface area contributed by atoms with E-state index in [1.165, 1.54) is 0 Å². The summed E-state index contributed by atoms with van der Waals surface area (Å²) in [5, 5.41) is 57.1. The highest BCUT2D eigenvalue weighted by Gasteiger charge is 2.32. The zero-order valence-electron chi connectivity index (χ0n) is 22.1. The summed E-state index contributed by atoms with van der Waals surface area (Å²) >= 11 is 0. The van der Waals surface area contributed by atoms with Gasteiger partial charge in [0.1, 0.15) is 0 Å². The Morgan fingerprint density at radius 3 is 1.53 bits per heavy atom. The van der Waals surface area contributed by atoms with E-state index in [1.54, 1.807) is 13.8 Å². The molecular formula is C28H40O8. The van der Waals surface area contributed by atoms with Crippen molar-refractivity contribution in [2.45, 2.75) is 66.6 Å². The minimum atomic E-state index is -0.920. The number of carbonyl (C=O) groups is 2. The largest absolute Gasteiger partial charge is 0.392 e. The SMILES string of the molecule is CC(C)=CCC1=C(C)C(=O)C(CO)=C(CO)C1=O.CC(C)=CCC1=C(C)C(O)C(CO)=C(CO)C1O. The molecule has 0 saturated heterocycles. The number of hydrogen-bond donors (Lipinski definition) is 6. The van der Waals surface area contributed by atoms with Gasteiger partial charge in [0.15, 0.2) is 11.6 Å². The average molecular weight is 505 g/mol. The van der Waals surface area contributed by atoms with Crippen LogP contribution in [0, 0.1) is 0 Å². The van der Waals surface area contributed by atoms with Crippen molar-refractivity contribution in [3.8, 4) is 0 Å². The van der Waals surface area contributed by atoms with Crippen molar-refractivity contribution in [3.05, 3.63) is 67.9 Å². The molecule has 2 unspecified atom stereocenters. The summed E-state index contributed by atoms with van der Waals surface area (Å²) in [7, 11) is 0. The summed E-state index contributed by atoms with van der Waals surface area (Å²) in [5.41, 5.74) is 4.95. The highest BCUT2D eigenvalue weighted by Crippen LogP contribution is 2.32. The number of hydrogen-bond acceptors (Lipinski definition) is 8. The van der Waals surface area contributed by atoms with Crippen molar-refractivity contribution < 1.29 is 40.2 Å². The Morgan fingerprint density at radius 2 is 1.08 bits per heavy atom. The zero-order chi connectivity index (χ0) is 27.7. The van der Waals surface area contributed by atoms with Crippen LogP contribution >= 0.6 is 0 Å². The molecule has 0 bridgehead atoms. The van der Waals surface area contributed by atoms with Crippen LogP contribution in [-0.4, -0.2) is 80.8 Å². The molecule has 0 fully saturated rings. The number of Topliss-reactive ketones (excluding diaryl/α,β-unsaturated/α-hetero) is 2. The third kappa shape index (κ3) is 7.29. The fourth-order valence-corrected chi connectivity index (χ4v) is 4.05. The first-order valence-corrected chi connectivity index (χ1v) is 11.9. The summed E-state index contributed by atoms with van der Waals surface area (Å²) in [6.45, 7) is 9.30. The van der Waals surface area contributed by atoms with Crippen molar-refractivity contribution in [2.24, 2.45) is 0 Å². The van der Waals surface area contributed by atoms with Gasteiger partial charge >= 0.3 is 0 Å². The molecule has 0 aromatic rings. The number of carbonyl (C=O) groups excluding carboxylic acids is 2. The Kier molecular flexibility index (Phi) is 12.6. The number of rotatable bonds is 8. The highest BCUT2D eigenvalue weighted by atomic mass is 16.3. The molecule has 6 N–H and O–H groups in total. The Labute approximate surface area is 213 Å². The summed E-state index contributed by atoms with van der Waals surface area (Å²) in [4.78, 5) is 24.1. The molecule has 0 amide bonds. The first-order valence-electron chi connectivity index (χ1n) is 11.9. The topological polar surface area (TPSA) is 156 Å². The average Bonchev–Trinajstić information content (AvgIpc) is 2.83. The monoisotopic (exact) mass is 504 g/mol. The second kappa shape index (κ2) is 14.3. The number of allylic oxidation sites excluding steroid dienone is 6. The molecule has 0 heterocycles. The minimum Gasteiger partial charge on any atom is -0.392 e. The maximum Gasteiger partial charge on any atom is 0.188 e. The molecule has 0 aromatic heterocycles. The van der Waals surface area contributed by atoms with E-state index in [0.717, 1.165) is 11.1 Å². The lowest BCUT2D eigenvalue weighted by atomic mass is 9.81. The molecule has 0 aliphatic heterocycles. The van der Waals surface area contributed by atoms with Gasteiger partial charge in [-0.25, -0.2) is 0 Å². The Bertz CT molecular complexity index is 1040. The van der Waals surface area contributed by atoms with Gasteiger partial charge in [0.05, 0.1) is 38.6 Å². The van der Waals surface area contributed by atoms with E-state index in [4.69, 9.17) is 5.11 Å². The molecule has 0 aromatic carbocycles. The van der Waals surface area contributed by atoms with Crippen LogP contribution in [-0.2, 0) is 9.59 Å². The molecule has 2 aliphatic carbocycles. The van der Waals surface area contributed by atoms with Crippen molar-refractivity contribution >= 4 is 11.6 Å². The number of aliphatic hydroxyl groups excluding tert-OH is 6. The number of ketones is 2. The lowest BCUT2D eigenvalue weighted by Gasteiger charge is -2.31. The lowest BCUT2D eigenvalue weighted by Crippen LogP contribution is -2.32. The summed E-state index contributed by atoms with van der Waals surface area (Å²) in [6.07, 6.45) is 2.91. The van der Waals surface area contributed by atoms with Crippen molar-refractivity contribution in [3.63, 3.8) is 0 Å². The molecule has 2 atom stereocenters. The molecule has 2 aliphatic rings. The Hall–Kier alpha value is -2.46. The second-order valence-corrected chi connectivity index (χ2v) is 9.39. The molecule has 2 rings (SSSR count). The van der Waals surface area contributed by atoms with E-state index in [9.17, 15) is 35.1 Å². The standard InChI is InChI=1S/C14H22O4.C14H18O4/c2*1-8(2)4-5-10-9(3)13(17)11(6-15)12(7-16)14(10)18/h4,13-18H,5-7H2,1-3H3;4,15-16H,5-7H2,1-3H3. The van der Waals surface area contributed by atoms with E-state index in [0.29, 0.717) is 46.3 Å². The predicted molar refractivity (Wildman–Crippen MR) is 138 cm³/mol. The van der Waals surface area contributed by atoms with Gasteiger partial charge in [-0.15, -0.1) is 0 Å². The molecule has 0 saturated carbocycles. The van der Waals surface area contributed by atoms with Crippen LogP contribution in [0.15, 0.2) is 67.9 Å². The molecule has 36 heavy (non-hydrogen) atoms.